The highest BCUT2D eigenvalue weighted by atomic mass is 16.4. The van der Waals surface area contributed by atoms with Crippen LogP contribution in [-0.2, 0) is 9.59 Å². The van der Waals surface area contributed by atoms with Crippen molar-refractivity contribution in [2.45, 2.75) is 51.9 Å². The third-order valence-corrected chi connectivity index (χ3v) is 3.75. The molecule has 0 spiro atoms. The van der Waals surface area contributed by atoms with Crippen molar-refractivity contribution in [1.29, 1.82) is 0 Å². The van der Waals surface area contributed by atoms with E-state index in [1.807, 2.05) is 6.92 Å². The van der Waals surface area contributed by atoms with Crippen LogP contribution in [0.2, 0.25) is 0 Å². The van der Waals surface area contributed by atoms with E-state index < -0.39 is 5.97 Å². The van der Waals surface area contributed by atoms with Gasteiger partial charge in [0.05, 0.1) is 5.41 Å². The van der Waals surface area contributed by atoms with Crippen molar-refractivity contribution in [3.8, 4) is 0 Å². The van der Waals surface area contributed by atoms with Gasteiger partial charge in [-0.3, -0.25) is 9.59 Å². The van der Waals surface area contributed by atoms with E-state index in [1.54, 1.807) is 0 Å². The van der Waals surface area contributed by atoms with Crippen molar-refractivity contribution in [3.63, 3.8) is 0 Å². The van der Waals surface area contributed by atoms with Crippen molar-refractivity contribution < 1.29 is 14.7 Å². The molecule has 1 aliphatic heterocycles. The fourth-order valence-corrected chi connectivity index (χ4v) is 2.42. The van der Waals surface area contributed by atoms with E-state index in [2.05, 4.69) is 10.6 Å². The second-order valence-electron chi connectivity index (χ2n) is 5.65. The molecule has 1 fully saturated rings. The molecule has 5 heteroatoms. The van der Waals surface area contributed by atoms with E-state index in [4.69, 9.17) is 5.11 Å². The Hall–Kier alpha value is -1.10. The van der Waals surface area contributed by atoms with Crippen LogP contribution in [0.5, 0.6) is 0 Å². The molecule has 0 aromatic heterocycles. The van der Waals surface area contributed by atoms with Gasteiger partial charge in [0.1, 0.15) is 0 Å². The molecule has 110 valence electrons. The van der Waals surface area contributed by atoms with Gasteiger partial charge in [-0.15, -0.1) is 0 Å². The zero-order valence-electron chi connectivity index (χ0n) is 11.8. The van der Waals surface area contributed by atoms with Crippen molar-refractivity contribution in [3.05, 3.63) is 0 Å². The van der Waals surface area contributed by atoms with Crippen LogP contribution in [0.25, 0.3) is 0 Å². The lowest BCUT2D eigenvalue weighted by Gasteiger charge is -2.32. The third-order valence-electron chi connectivity index (χ3n) is 3.75. The largest absolute Gasteiger partial charge is 0.481 e. The van der Waals surface area contributed by atoms with Crippen LogP contribution in [0.4, 0.5) is 0 Å². The normalized spacial score (nSPS) is 23.0. The maximum atomic E-state index is 12.1. The summed E-state index contributed by atoms with van der Waals surface area (Å²) in [6.07, 6.45) is 5.79. The van der Waals surface area contributed by atoms with Crippen molar-refractivity contribution in [1.82, 2.24) is 10.6 Å². The average Bonchev–Trinajstić information content (AvgIpc) is 2.38. The first-order valence-corrected chi connectivity index (χ1v) is 7.25. The van der Waals surface area contributed by atoms with Crippen LogP contribution in [0.3, 0.4) is 0 Å². The molecule has 1 unspecified atom stereocenters. The summed E-state index contributed by atoms with van der Waals surface area (Å²) in [6, 6.07) is 0. The van der Waals surface area contributed by atoms with Crippen molar-refractivity contribution in [2.75, 3.05) is 19.6 Å². The molecule has 0 aromatic rings. The predicted octanol–water partition coefficient (Wildman–Crippen LogP) is 1.53. The number of carbonyl (C=O) groups is 2. The summed E-state index contributed by atoms with van der Waals surface area (Å²) in [5.41, 5.74) is -0.262. The fourth-order valence-electron chi connectivity index (χ4n) is 2.42. The second-order valence-corrected chi connectivity index (χ2v) is 5.65. The summed E-state index contributed by atoms with van der Waals surface area (Å²) in [5, 5.41) is 14.8. The average molecular weight is 270 g/mol. The highest BCUT2D eigenvalue weighted by molar-refractivity contribution is 5.82. The Bertz CT molecular complexity index is 299. The Balaban J connectivity index is 2.05. The van der Waals surface area contributed by atoms with Gasteiger partial charge in [-0.1, -0.05) is 12.8 Å². The SMILES string of the molecule is CC1(C(=O)NCCCCCCC(=O)O)CCCNC1. The van der Waals surface area contributed by atoms with Gasteiger partial charge in [-0.25, -0.2) is 0 Å². The lowest BCUT2D eigenvalue weighted by Crippen LogP contribution is -2.48. The molecule has 0 saturated carbocycles. The minimum absolute atomic E-state index is 0.144. The van der Waals surface area contributed by atoms with Crippen molar-refractivity contribution >= 4 is 11.9 Å². The number of nitrogens with one attached hydrogen (secondary N) is 2. The molecule has 0 bridgehead atoms. The highest BCUT2D eigenvalue weighted by Crippen LogP contribution is 2.25. The number of carboxylic acid groups (broad SMARTS) is 1. The van der Waals surface area contributed by atoms with E-state index in [1.165, 1.54) is 0 Å². The van der Waals surface area contributed by atoms with E-state index >= 15 is 0 Å². The predicted molar refractivity (Wildman–Crippen MR) is 73.9 cm³/mol. The molecule has 0 radical (unpaired) electrons. The summed E-state index contributed by atoms with van der Waals surface area (Å²) in [7, 11) is 0. The molecule has 1 amide bonds. The lowest BCUT2D eigenvalue weighted by atomic mass is 9.82. The zero-order chi connectivity index (χ0) is 14.1. The summed E-state index contributed by atoms with van der Waals surface area (Å²) in [5.74, 6) is -0.587. The molecule has 0 aromatic carbocycles. The molecule has 19 heavy (non-hydrogen) atoms. The lowest BCUT2D eigenvalue weighted by molar-refractivity contribution is -0.137. The standard InChI is InChI=1S/C14H26N2O3/c1-14(8-6-9-15-11-14)13(19)16-10-5-3-2-4-7-12(17)18/h15H,2-11H2,1H3,(H,16,19)(H,17,18). The van der Waals surface area contributed by atoms with Crippen LogP contribution < -0.4 is 10.6 Å². The highest BCUT2D eigenvalue weighted by Gasteiger charge is 2.34. The molecule has 0 aliphatic carbocycles. The monoisotopic (exact) mass is 270 g/mol. The number of carboxylic acids is 1. The molecule has 1 rings (SSSR count). The number of carbonyl (C=O) groups excluding carboxylic acids is 1. The Labute approximate surface area is 115 Å². The number of amides is 1. The molecular weight excluding hydrogens is 244 g/mol. The second kappa shape index (κ2) is 8.15. The quantitative estimate of drug-likeness (QED) is 0.584. The molecule has 1 aliphatic rings. The first-order valence-electron chi connectivity index (χ1n) is 7.25. The molecule has 5 nitrogen and oxygen atoms in total. The van der Waals surface area contributed by atoms with Gasteiger partial charge in [0.2, 0.25) is 5.91 Å². The van der Waals surface area contributed by atoms with Gasteiger partial charge in [-0.05, 0) is 39.2 Å². The van der Waals surface area contributed by atoms with Gasteiger partial charge < -0.3 is 15.7 Å². The molecule has 1 heterocycles. The van der Waals surface area contributed by atoms with Gasteiger partial charge >= 0.3 is 5.97 Å². The number of aliphatic carboxylic acids is 1. The number of unbranched alkanes of at least 4 members (excludes halogenated alkanes) is 3. The summed E-state index contributed by atoms with van der Waals surface area (Å²) in [4.78, 5) is 22.4. The Morgan fingerprint density at radius 3 is 2.63 bits per heavy atom. The van der Waals surface area contributed by atoms with E-state index in [9.17, 15) is 9.59 Å². The van der Waals surface area contributed by atoms with Gasteiger partial charge in [0, 0.05) is 19.5 Å². The first-order chi connectivity index (χ1) is 9.04. The molecule has 1 saturated heterocycles. The topological polar surface area (TPSA) is 78.4 Å². The number of hydrogen-bond acceptors (Lipinski definition) is 3. The molecule has 1 atom stereocenters. The van der Waals surface area contributed by atoms with Gasteiger partial charge in [0.25, 0.3) is 0 Å². The van der Waals surface area contributed by atoms with Gasteiger partial charge in [-0.2, -0.15) is 0 Å². The third kappa shape index (κ3) is 6.05. The number of piperidine rings is 1. The van der Waals surface area contributed by atoms with E-state index in [-0.39, 0.29) is 17.7 Å². The van der Waals surface area contributed by atoms with Crippen LogP contribution in [0, 0.1) is 5.41 Å². The summed E-state index contributed by atoms with van der Waals surface area (Å²) >= 11 is 0. The minimum Gasteiger partial charge on any atom is -0.481 e. The number of rotatable bonds is 8. The molecular formula is C14H26N2O3. The van der Waals surface area contributed by atoms with Crippen molar-refractivity contribution in [2.24, 2.45) is 5.41 Å². The Morgan fingerprint density at radius 2 is 2.00 bits per heavy atom. The minimum atomic E-state index is -0.731. The zero-order valence-corrected chi connectivity index (χ0v) is 11.8. The molecule has 3 N–H and O–H groups in total. The summed E-state index contributed by atoms with van der Waals surface area (Å²) < 4.78 is 0. The Morgan fingerprint density at radius 1 is 1.26 bits per heavy atom. The maximum absolute atomic E-state index is 12.1. The summed E-state index contributed by atoms with van der Waals surface area (Å²) in [6.45, 7) is 4.48. The fraction of sp³-hybridized carbons (Fsp3) is 0.857. The number of hydrogen-bond donors (Lipinski definition) is 3. The first kappa shape index (κ1) is 16.0. The van der Waals surface area contributed by atoms with E-state index in [0.29, 0.717) is 6.54 Å². The van der Waals surface area contributed by atoms with E-state index in [0.717, 1.165) is 51.6 Å². The smallest absolute Gasteiger partial charge is 0.303 e. The van der Waals surface area contributed by atoms with Crippen LogP contribution in [0.1, 0.15) is 51.9 Å². The van der Waals surface area contributed by atoms with Crippen LogP contribution in [-0.4, -0.2) is 36.6 Å². The van der Waals surface area contributed by atoms with Crippen LogP contribution >= 0.6 is 0 Å². The maximum Gasteiger partial charge on any atom is 0.303 e. The van der Waals surface area contributed by atoms with Crippen LogP contribution in [0.15, 0.2) is 0 Å². The Kier molecular flexibility index (Phi) is 6.84. The van der Waals surface area contributed by atoms with Gasteiger partial charge in [0.15, 0.2) is 0 Å².